The topological polar surface area (TPSA) is 30.5 Å². The van der Waals surface area contributed by atoms with E-state index in [1.807, 2.05) is 6.92 Å². The quantitative estimate of drug-likeness (QED) is 0.704. The average Bonchev–Trinajstić information content (AvgIpc) is 2.24. The van der Waals surface area contributed by atoms with Crippen LogP contribution in [0.25, 0.3) is 0 Å². The summed E-state index contributed by atoms with van der Waals surface area (Å²) in [6, 6.07) is 0.490. The van der Waals surface area contributed by atoms with Crippen LogP contribution in [0.2, 0.25) is 0 Å². The van der Waals surface area contributed by atoms with Gasteiger partial charge in [0, 0.05) is 12.6 Å². The predicted molar refractivity (Wildman–Crippen MR) is 62.1 cm³/mol. The summed E-state index contributed by atoms with van der Waals surface area (Å²) in [7, 11) is 0. The van der Waals surface area contributed by atoms with E-state index in [9.17, 15) is 0 Å². The van der Waals surface area contributed by atoms with E-state index >= 15 is 0 Å². The number of hydrogen-bond acceptors (Lipinski definition) is 3. The molecule has 15 heavy (non-hydrogen) atoms. The predicted octanol–water partition coefficient (Wildman–Crippen LogP) is 1.96. The van der Waals surface area contributed by atoms with Gasteiger partial charge in [0.2, 0.25) is 0 Å². The monoisotopic (exact) mass is 215 g/mol. The number of hydrogen-bond donors (Lipinski definition) is 1. The van der Waals surface area contributed by atoms with Gasteiger partial charge < -0.3 is 14.8 Å². The van der Waals surface area contributed by atoms with Gasteiger partial charge in [-0.05, 0) is 33.2 Å². The molecular weight excluding hydrogens is 190 g/mol. The van der Waals surface area contributed by atoms with Crippen LogP contribution in [0.3, 0.4) is 0 Å². The van der Waals surface area contributed by atoms with Crippen molar-refractivity contribution in [2.45, 2.75) is 64.9 Å². The van der Waals surface area contributed by atoms with Gasteiger partial charge in [-0.2, -0.15) is 0 Å². The minimum absolute atomic E-state index is 0.254. The molecule has 0 spiro atoms. The molecular formula is C12H25NO2. The fraction of sp³-hybridized carbons (Fsp3) is 1.00. The molecule has 0 saturated heterocycles. The summed E-state index contributed by atoms with van der Waals surface area (Å²) in [6.45, 7) is 10.2. The van der Waals surface area contributed by atoms with Gasteiger partial charge in [-0.25, -0.2) is 0 Å². The first kappa shape index (κ1) is 12.9. The summed E-state index contributed by atoms with van der Waals surface area (Å²) in [6.07, 6.45) is 3.05. The van der Waals surface area contributed by atoms with Crippen molar-refractivity contribution in [1.82, 2.24) is 5.32 Å². The molecule has 0 aromatic heterocycles. The van der Waals surface area contributed by atoms with Crippen LogP contribution in [-0.2, 0) is 9.47 Å². The Kier molecular flexibility index (Phi) is 5.58. The van der Waals surface area contributed by atoms with Gasteiger partial charge in [-0.1, -0.05) is 13.8 Å². The van der Waals surface area contributed by atoms with Crippen LogP contribution < -0.4 is 5.32 Å². The van der Waals surface area contributed by atoms with Crippen LogP contribution in [0.5, 0.6) is 0 Å². The van der Waals surface area contributed by atoms with Crippen molar-refractivity contribution in [3.05, 3.63) is 0 Å². The zero-order valence-electron chi connectivity index (χ0n) is 10.5. The molecule has 0 amide bonds. The first-order chi connectivity index (χ1) is 7.22. The largest absolute Gasteiger partial charge is 0.374 e. The van der Waals surface area contributed by atoms with Crippen molar-refractivity contribution in [3.63, 3.8) is 0 Å². The minimum Gasteiger partial charge on any atom is -0.374 e. The molecule has 1 saturated carbocycles. The molecule has 3 nitrogen and oxygen atoms in total. The third-order valence-electron chi connectivity index (χ3n) is 3.06. The van der Waals surface area contributed by atoms with Gasteiger partial charge >= 0.3 is 0 Å². The molecule has 1 N–H and O–H groups in total. The molecule has 0 aromatic carbocycles. The van der Waals surface area contributed by atoms with E-state index in [-0.39, 0.29) is 6.10 Å². The van der Waals surface area contributed by atoms with Crippen molar-refractivity contribution in [2.75, 3.05) is 13.2 Å². The first-order valence-electron chi connectivity index (χ1n) is 6.23. The van der Waals surface area contributed by atoms with Crippen LogP contribution in [0, 0.1) is 0 Å². The second kappa shape index (κ2) is 6.46. The first-order valence-corrected chi connectivity index (χ1v) is 6.23. The lowest BCUT2D eigenvalue weighted by Gasteiger charge is -2.45. The molecule has 0 aliphatic heterocycles. The lowest BCUT2D eigenvalue weighted by molar-refractivity contribution is -0.163. The van der Waals surface area contributed by atoms with Crippen molar-refractivity contribution in [2.24, 2.45) is 0 Å². The van der Waals surface area contributed by atoms with E-state index in [0.29, 0.717) is 18.2 Å². The summed E-state index contributed by atoms with van der Waals surface area (Å²) in [5.74, 6) is 0. The number of rotatable bonds is 7. The van der Waals surface area contributed by atoms with Gasteiger partial charge in [-0.15, -0.1) is 0 Å². The van der Waals surface area contributed by atoms with Crippen molar-refractivity contribution in [3.8, 4) is 0 Å². The molecule has 4 unspecified atom stereocenters. The van der Waals surface area contributed by atoms with Gasteiger partial charge in [0.15, 0.2) is 0 Å². The summed E-state index contributed by atoms with van der Waals surface area (Å²) in [4.78, 5) is 0. The van der Waals surface area contributed by atoms with E-state index in [2.05, 4.69) is 26.1 Å². The Morgan fingerprint density at radius 2 is 2.07 bits per heavy atom. The summed E-state index contributed by atoms with van der Waals surface area (Å²) in [5, 5.41) is 3.43. The Bertz CT molecular complexity index is 175. The normalized spacial score (nSPS) is 32.4. The van der Waals surface area contributed by atoms with Gasteiger partial charge in [0.25, 0.3) is 0 Å². The smallest absolute Gasteiger partial charge is 0.0990 e. The summed E-state index contributed by atoms with van der Waals surface area (Å²) < 4.78 is 11.6. The Balaban J connectivity index is 2.33. The van der Waals surface area contributed by atoms with Crippen LogP contribution in [0.15, 0.2) is 0 Å². The van der Waals surface area contributed by atoms with E-state index in [4.69, 9.17) is 9.47 Å². The van der Waals surface area contributed by atoms with Crippen molar-refractivity contribution < 1.29 is 9.47 Å². The molecule has 90 valence electrons. The van der Waals surface area contributed by atoms with Gasteiger partial charge in [0.1, 0.15) is 0 Å². The molecule has 1 aliphatic carbocycles. The highest BCUT2D eigenvalue weighted by Gasteiger charge is 2.42. The highest BCUT2D eigenvalue weighted by Crippen LogP contribution is 2.28. The Labute approximate surface area is 93.5 Å². The van der Waals surface area contributed by atoms with Gasteiger partial charge in [-0.3, -0.25) is 0 Å². The maximum absolute atomic E-state index is 5.91. The van der Waals surface area contributed by atoms with E-state index in [0.717, 1.165) is 26.0 Å². The van der Waals surface area contributed by atoms with Crippen LogP contribution in [0.1, 0.15) is 40.5 Å². The van der Waals surface area contributed by atoms with Crippen LogP contribution in [-0.4, -0.2) is 37.5 Å². The van der Waals surface area contributed by atoms with Crippen molar-refractivity contribution >= 4 is 0 Å². The molecule has 3 heteroatoms. The third-order valence-corrected chi connectivity index (χ3v) is 3.06. The fourth-order valence-electron chi connectivity index (χ4n) is 1.99. The SMILES string of the molecule is CCNC1CC(OC(C)CC)C1OCC. The highest BCUT2D eigenvalue weighted by molar-refractivity contribution is 4.97. The second-order valence-corrected chi connectivity index (χ2v) is 4.21. The average molecular weight is 215 g/mol. The maximum atomic E-state index is 5.91. The molecule has 0 bridgehead atoms. The number of likely N-dealkylation sites (N-methyl/N-ethyl adjacent to an activating group) is 1. The minimum atomic E-state index is 0.254. The molecule has 0 radical (unpaired) electrons. The Morgan fingerprint density at radius 3 is 2.60 bits per heavy atom. The third kappa shape index (κ3) is 3.44. The van der Waals surface area contributed by atoms with E-state index in [1.54, 1.807) is 0 Å². The zero-order chi connectivity index (χ0) is 11.3. The zero-order valence-corrected chi connectivity index (χ0v) is 10.5. The Morgan fingerprint density at radius 1 is 1.33 bits per heavy atom. The lowest BCUT2D eigenvalue weighted by Crippen LogP contribution is -2.60. The summed E-state index contributed by atoms with van der Waals surface area (Å²) >= 11 is 0. The molecule has 0 heterocycles. The van der Waals surface area contributed by atoms with E-state index in [1.165, 1.54) is 0 Å². The maximum Gasteiger partial charge on any atom is 0.0990 e. The molecule has 1 rings (SSSR count). The van der Waals surface area contributed by atoms with Crippen LogP contribution >= 0.6 is 0 Å². The summed E-state index contributed by atoms with van der Waals surface area (Å²) in [5.41, 5.74) is 0. The fourth-order valence-corrected chi connectivity index (χ4v) is 1.99. The molecule has 4 atom stereocenters. The molecule has 0 aromatic rings. The van der Waals surface area contributed by atoms with Crippen LogP contribution in [0.4, 0.5) is 0 Å². The molecule has 1 aliphatic rings. The van der Waals surface area contributed by atoms with E-state index < -0.39 is 0 Å². The molecule has 1 fully saturated rings. The van der Waals surface area contributed by atoms with Gasteiger partial charge in [0.05, 0.1) is 18.3 Å². The second-order valence-electron chi connectivity index (χ2n) is 4.21. The van der Waals surface area contributed by atoms with Crippen molar-refractivity contribution in [1.29, 1.82) is 0 Å². The number of ether oxygens (including phenoxy) is 2. The lowest BCUT2D eigenvalue weighted by atomic mass is 9.85. The standard InChI is InChI=1S/C12H25NO2/c1-5-9(4)15-11-8-10(13-6-2)12(11)14-7-3/h9-13H,5-8H2,1-4H3. The highest BCUT2D eigenvalue weighted by atomic mass is 16.6. The number of nitrogens with one attached hydrogen (secondary N) is 1. The Hall–Kier alpha value is -0.120.